The number of nitrogen functional groups attached to an aromatic ring is 1. The molecule has 2 N–H and O–H groups in total. The first kappa shape index (κ1) is 13.4. The zero-order chi connectivity index (χ0) is 15.0. The third-order valence-electron chi connectivity index (χ3n) is 3.41. The number of aryl methyl sites for hydroxylation is 1. The minimum absolute atomic E-state index is 0.180. The zero-order valence-corrected chi connectivity index (χ0v) is 11.4. The van der Waals surface area contributed by atoms with Gasteiger partial charge in [0.05, 0.1) is 5.52 Å². The molecule has 0 saturated carbocycles. The van der Waals surface area contributed by atoms with Gasteiger partial charge in [-0.3, -0.25) is 4.98 Å². The van der Waals surface area contributed by atoms with Crippen molar-refractivity contribution in [3.8, 4) is 11.1 Å². The Labute approximate surface area is 120 Å². The Morgan fingerprint density at radius 2 is 1.95 bits per heavy atom. The fourth-order valence-electron chi connectivity index (χ4n) is 2.35. The molecule has 0 bridgehead atoms. The van der Waals surface area contributed by atoms with Crippen molar-refractivity contribution in [1.29, 1.82) is 0 Å². The minimum atomic E-state index is -0.698. The van der Waals surface area contributed by atoms with Gasteiger partial charge in [-0.05, 0) is 30.7 Å². The summed E-state index contributed by atoms with van der Waals surface area (Å²) < 4.78 is 28.1. The van der Waals surface area contributed by atoms with Gasteiger partial charge in [0.2, 0.25) is 0 Å². The molecule has 1 aromatic carbocycles. The third kappa shape index (κ3) is 2.20. The number of nitrogens with zero attached hydrogens (tertiary/aromatic N) is 2. The Kier molecular flexibility index (Phi) is 3.25. The molecule has 0 aliphatic rings. The van der Waals surface area contributed by atoms with Gasteiger partial charge in [0.15, 0.2) is 0 Å². The topological polar surface area (TPSA) is 51.8 Å². The molecule has 3 aromatic rings. The normalized spacial score (nSPS) is 11.0. The van der Waals surface area contributed by atoms with E-state index in [0.29, 0.717) is 5.56 Å². The van der Waals surface area contributed by atoms with Crippen LogP contribution in [0.25, 0.3) is 22.0 Å². The summed E-state index contributed by atoms with van der Waals surface area (Å²) in [5.74, 6) is -1.13. The lowest BCUT2D eigenvalue weighted by Crippen LogP contribution is -2.00. The predicted octanol–water partition coefficient (Wildman–Crippen LogP) is 3.72. The number of hydrogen-bond donors (Lipinski definition) is 1. The second-order valence-corrected chi connectivity index (χ2v) is 4.70. The van der Waals surface area contributed by atoms with Gasteiger partial charge in [0.1, 0.15) is 17.5 Å². The molecule has 0 unspecified atom stereocenters. The minimum Gasteiger partial charge on any atom is -0.383 e. The second-order valence-electron chi connectivity index (χ2n) is 4.70. The molecular weight excluding hydrogens is 272 g/mol. The highest BCUT2D eigenvalue weighted by Crippen LogP contribution is 2.34. The highest BCUT2D eigenvalue weighted by Gasteiger charge is 2.17. The van der Waals surface area contributed by atoms with Crippen molar-refractivity contribution in [2.75, 3.05) is 5.73 Å². The van der Waals surface area contributed by atoms with Crippen LogP contribution in [0.5, 0.6) is 0 Å². The second kappa shape index (κ2) is 5.09. The summed E-state index contributed by atoms with van der Waals surface area (Å²) in [5.41, 5.74) is 7.59. The van der Waals surface area contributed by atoms with Crippen molar-refractivity contribution in [2.24, 2.45) is 0 Å². The van der Waals surface area contributed by atoms with Crippen molar-refractivity contribution in [2.45, 2.75) is 13.3 Å². The average Bonchev–Trinajstić information content (AvgIpc) is 2.48. The molecule has 0 fully saturated rings. The van der Waals surface area contributed by atoms with Gasteiger partial charge in [-0.1, -0.05) is 6.92 Å². The maximum absolute atomic E-state index is 14.3. The number of anilines is 1. The summed E-state index contributed by atoms with van der Waals surface area (Å²) in [7, 11) is 0. The van der Waals surface area contributed by atoms with E-state index in [0.717, 1.165) is 18.2 Å². The van der Waals surface area contributed by atoms with Crippen LogP contribution in [0, 0.1) is 11.6 Å². The third-order valence-corrected chi connectivity index (χ3v) is 3.41. The largest absolute Gasteiger partial charge is 0.383 e. The summed E-state index contributed by atoms with van der Waals surface area (Å²) in [4.78, 5) is 8.33. The smallest absolute Gasteiger partial charge is 0.136 e. The molecule has 0 aliphatic heterocycles. The quantitative estimate of drug-likeness (QED) is 0.780. The molecule has 0 amide bonds. The molecule has 3 nitrogen and oxygen atoms in total. The number of benzene rings is 1. The molecule has 0 aliphatic carbocycles. The van der Waals surface area contributed by atoms with Crippen LogP contribution in [0.15, 0.2) is 36.5 Å². The van der Waals surface area contributed by atoms with Gasteiger partial charge in [0, 0.05) is 34.5 Å². The molecule has 3 rings (SSSR count). The lowest BCUT2D eigenvalue weighted by Gasteiger charge is -2.11. The Morgan fingerprint density at radius 1 is 1.14 bits per heavy atom. The Hall–Kier alpha value is -2.56. The number of hydrogen-bond acceptors (Lipinski definition) is 3. The summed E-state index contributed by atoms with van der Waals surface area (Å²) in [6, 6.07) is 7.50. The van der Waals surface area contributed by atoms with E-state index in [2.05, 4.69) is 9.97 Å². The molecule has 2 heterocycles. The number of nitrogens with two attached hydrogens (primary N) is 1. The summed E-state index contributed by atoms with van der Waals surface area (Å²) in [6.07, 6.45) is 2.23. The summed E-state index contributed by atoms with van der Waals surface area (Å²) >= 11 is 0. The van der Waals surface area contributed by atoms with Gasteiger partial charge in [0.25, 0.3) is 0 Å². The van der Waals surface area contributed by atoms with E-state index >= 15 is 0 Å². The monoisotopic (exact) mass is 285 g/mol. The van der Waals surface area contributed by atoms with E-state index in [-0.39, 0.29) is 22.3 Å². The first-order valence-corrected chi connectivity index (χ1v) is 6.60. The van der Waals surface area contributed by atoms with Crippen LogP contribution in [-0.4, -0.2) is 9.97 Å². The van der Waals surface area contributed by atoms with Crippen molar-refractivity contribution in [3.63, 3.8) is 0 Å². The first-order valence-electron chi connectivity index (χ1n) is 6.60. The van der Waals surface area contributed by atoms with E-state index in [1.807, 2.05) is 6.92 Å². The van der Waals surface area contributed by atoms with Gasteiger partial charge in [-0.25, -0.2) is 13.8 Å². The Morgan fingerprint density at radius 3 is 2.67 bits per heavy atom. The highest BCUT2D eigenvalue weighted by atomic mass is 19.1. The standard InChI is InChI=1S/C16H13F2N3/c1-2-9-5-6-11(16(19)21-9)14-13(18)8-12(17)10-4-3-7-20-15(10)14/h3-8H,2H2,1H3,(H2,19,21). The number of halogens is 2. The van der Waals surface area contributed by atoms with Crippen LogP contribution in [0.3, 0.4) is 0 Å². The average molecular weight is 285 g/mol. The summed E-state index contributed by atoms with van der Waals surface area (Å²) in [5, 5.41) is 0.257. The molecule has 106 valence electrons. The van der Waals surface area contributed by atoms with Crippen molar-refractivity contribution in [1.82, 2.24) is 9.97 Å². The fraction of sp³-hybridized carbons (Fsp3) is 0.125. The van der Waals surface area contributed by atoms with E-state index < -0.39 is 11.6 Å². The van der Waals surface area contributed by atoms with Crippen LogP contribution >= 0.6 is 0 Å². The van der Waals surface area contributed by atoms with Gasteiger partial charge in [-0.15, -0.1) is 0 Å². The van der Waals surface area contributed by atoms with Crippen LogP contribution in [0.1, 0.15) is 12.6 Å². The Balaban J connectivity index is 2.35. The van der Waals surface area contributed by atoms with Crippen LogP contribution in [-0.2, 0) is 6.42 Å². The molecule has 5 heteroatoms. The van der Waals surface area contributed by atoms with Crippen molar-refractivity contribution < 1.29 is 8.78 Å². The molecule has 2 aromatic heterocycles. The summed E-state index contributed by atoms with van der Waals surface area (Å²) in [6.45, 7) is 1.96. The molecule has 0 atom stereocenters. The molecule has 0 radical (unpaired) electrons. The zero-order valence-electron chi connectivity index (χ0n) is 11.4. The van der Waals surface area contributed by atoms with E-state index in [1.54, 1.807) is 24.3 Å². The predicted molar refractivity (Wildman–Crippen MR) is 78.7 cm³/mol. The molecule has 0 spiro atoms. The maximum atomic E-state index is 14.3. The van der Waals surface area contributed by atoms with Gasteiger partial charge in [-0.2, -0.15) is 0 Å². The lowest BCUT2D eigenvalue weighted by atomic mass is 10.0. The Bertz CT molecular complexity index is 831. The van der Waals surface area contributed by atoms with Crippen molar-refractivity contribution in [3.05, 3.63) is 53.9 Å². The SMILES string of the molecule is CCc1ccc(-c2c(F)cc(F)c3cccnc23)c(N)n1. The van der Waals surface area contributed by atoms with E-state index in [1.165, 1.54) is 6.20 Å². The van der Waals surface area contributed by atoms with E-state index in [9.17, 15) is 8.78 Å². The molecule has 21 heavy (non-hydrogen) atoms. The van der Waals surface area contributed by atoms with Crippen molar-refractivity contribution >= 4 is 16.7 Å². The van der Waals surface area contributed by atoms with Crippen LogP contribution in [0.4, 0.5) is 14.6 Å². The van der Waals surface area contributed by atoms with Gasteiger partial charge >= 0.3 is 0 Å². The first-order chi connectivity index (χ1) is 10.1. The number of rotatable bonds is 2. The van der Waals surface area contributed by atoms with Gasteiger partial charge < -0.3 is 5.73 Å². The molecule has 0 saturated heterocycles. The van der Waals surface area contributed by atoms with Crippen LogP contribution < -0.4 is 5.73 Å². The number of aromatic nitrogens is 2. The number of fused-ring (bicyclic) bond motifs is 1. The fourth-order valence-corrected chi connectivity index (χ4v) is 2.35. The van der Waals surface area contributed by atoms with E-state index in [4.69, 9.17) is 5.73 Å². The van der Waals surface area contributed by atoms with Crippen LogP contribution in [0.2, 0.25) is 0 Å². The molecular formula is C16H13F2N3. The number of pyridine rings is 2. The maximum Gasteiger partial charge on any atom is 0.136 e. The highest BCUT2D eigenvalue weighted by molar-refractivity contribution is 5.96. The lowest BCUT2D eigenvalue weighted by molar-refractivity contribution is 0.594.